The predicted octanol–water partition coefficient (Wildman–Crippen LogP) is 2.85. The fraction of sp³-hybridized carbons (Fsp3) is 0.273. The summed E-state index contributed by atoms with van der Waals surface area (Å²) in [5.74, 6) is 0.805. The van der Waals surface area contributed by atoms with Gasteiger partial charge in [-0.25, -0.2) is 0 Å². The van der Waals surface area contributed by atoms with Crippen molar-refractivity contribution in [1.82, 2.24) is 0 Å². The summed E-state index contributed by atoms with van der Waals surface area (Å²) in [5, 5.41) is 9.06. The first-order valence-corrected chi connectivity index (χ1v) is 5.12. The van der Waals surface area contributed by atoms with Crippen LogP contribution in [0.15, 0.2) is 28.7 Å². The van der Waals surface area contributed by atoms with E-state index in [1.165, 1.54) is 0 Å². The van der Waals surface area contributed by atoms with Crippen LogP contribution in [0.3, 0.4) is 0 Å². The molecule has 0 aliphatic carbocycles. The van der Waals surface area contributed by atoms with Crippen LogP contribution < -0.4 is 4.74 Å². The van der Waals surface area contributed by atoms with Gasteiger partial charge < -0.3 is 9.84 Å². The summed E-state index contributed by atoms with van der Waals surface area (Å²) in [5.41, 5.74) is 1.03. The van der Waals surface area contributed by atoms with Crippen molar-refractivity contribution in [2.75, 3.05) is 7.11 Å². The number of rotatable bonds is 3. The normalized spacial score (nSPS) is 13.1. The van der Waals surface area contributed by atoms with Crippen molar-refractivity contribution >= 4 is 22.0 Å². The van der Waals surface area contributed by atoms with E-state index in [1.54, 1.807) is 20.1 Å². The predicted molar refractivity (Wildman–Crippen MR) is 61.4 cm³/mol. The highest BCUT2D eigenvalue weighted by atomic mass is 79.9. The zero-order chi connectivity index (χ0) is 10.6. The topological polar surface area (TPSA) is 29.5 Å². The smallest absolute Gasteiger partial charge is 0.133 e. The van der Waals surface area contributed by atoms with E-state index in [1.807, 2.05) is 24.3 Å². The standard InChI is InChI=1S/C11H13BrO2/c1-8(13)3-4-9-5-6-11(14-2)10(12)7-9/h3-8,13H,1-2H3/b4-3+. The van der Waals surface area contributed by atoms with Crippen molar-refractivity contribution in [2.24, 2.45) is 0 Å². The maximum absolute atomic E-state index is 9.06. The second-order valence-electron chi connectivity index (χ2n) is 2.99. The maximum Gasteiger partial charge on any atom is 0.133 e. The third-order valence-electron chi connectivity index (χ3n) is 1.74. The molecule has 0 heterocycles. The van der Waals surface area contributed by atoms with Gasteiger partial charge in [0.05, 0.1) is 17.7 Å². The average Bonchev–Trinajstić information content (AvgIpc) is 2.15. The molecule has 1 rings (SSSR count). The Morgan fingerprint density at radius 1 is 1.50 bits per heavy atom. The van der Waals surface area contributed by atoms with E-state index in [-0.39, 0.29) is 0 Å². The second-order valence-corrected chi connectivity index (χ2v) is 3.85. The van der Waals surface area contributed by atoms with Crippen molar-refractivity contribution in [1.29, 1.82) is 0 Å². The van der Waals surface area contributed by atoms with Gasteiger partial charge in [0.2, 0.25) is 0 Å². The van der Waals surface area contributed by atoms with Crippen LogP contribution in [0.25, 0.3) is 6.08 Å². The van der Waals surface area contributed by atoms with Gasteiger partial charge in [-0.05, 0) is 40.5 Å². The molecule has 1 aromatic carbocycles. The molecule has 0 aliphatic heterocycles. The number of benzene rings is 1. The highest BCUT2D eigenvalue weighted by Crippen LogP contribution is 2.25. The first-order valence-electron chi connectivity index (χ1n) is 4.33. The maximum atomic E-state index is 9.06. The minimum absolute atomic E-state index is 0.420. The van der Waals surface area contributed by atoms with E-state index >= 15 is 0 Å². The van der Waals surface area contributed by atoms with Crippen LogP contribution in [0.4, 0.5) is 0 Å². The summed E-state index contributed by atoms with van der Waals surface area (Å²) in [6.07, 6.45) is 3.18. The molecule has 0 amide bonds. The van der Waals surface area contributed by atoms with E-state index in [4.69, 9.17) is 9.84 Å². The van der Waals surface area contributed by atoms with Gasteiger partial charge in [0, 0.05) is 0 Å². The molecule has 1 N–H and O–H groups in total. The number of ether oxygens (including phenoxy) is 1. The van der Waals surface area contributed by atoms with E-state index in [0.29, 0.717) is 0 Å². The highest BCUT2D eigenvalue weighted by molar-refractivity contribution is 9.10. The lowest BCUT2D eigenvalue weighted by molar-refractivity contribution is 0.245. The first kappa shape index (κ1) is 11.3. The molecule has 1 unspecified atom stereocenters. The van der Waals surface area contributed by atoms with Crippen LogP contribution in [-0.4, -0.2) is 18.3 Å². The Kier molecular flexibility index (Phi) is 4.17. The van der Waals surface area contributed by atoms with Gasteiger partial charge in [0.25, 0.3) is 0 Å². The van der Waals surface area contributed by atoms with Crippen LogP contribution in [0.5, 0.6) is 5.75 Å². The van der Waals surface area contributed by atoms with Crippen LogP contribution in [-0.2, 0) is 0 Å². The van der Waals surface area contributed by atoms with Gasteiger partial charge >= 0.3 is 0 Å². The van der Waals surface area contributed by atoms with Crippen LogP contribution in [0, 0.1) is 0 Å². The van der Waals surface area contributed by atoms with E-state index in [0.717, 1.165) is 15.8 Å². The number of methoxy groups -OCH3 is 1. The molecule has 0 saturated carbocycles. The van der Waals surface area contributed by atoms with Crippen LogP contribution in [0.1, 0.15) is 12.5 Å². The van der Waals surface area contributed by atoms with Crippen molar-refractivity contribution in [3.05, 3.63) is 34.3 Å². The second kappa shape index (κ2) is 5.17. The first-order chi connectivity index (χ1) is 6.63. The molecule has 14 heavy (non-hydrogen) atoms. The number of aliphatic hydroxyl groups is 1. The lowest BCUT2D eigenvalue weighted by atomic mass is 10.2. The van der Waals surface area contributed by atoms with Crippen LogP contribution in [0.2, 0.25) is 0 Å². The average molecular weight is 257 g/mol. The van der Waals surface area contributed by atoms with E-state index in [2.05, 4.69) is 15.9 Å². The minimum Gasteiger partial charge on any atom is -0.496 e. The SMILES string of the molecule is COc1ccc(/C=C/C(C)O)cc1Br. The summed E-state index contributed by atoms with van der Waals surface area (Å²) in [7, 11) is 1.63. The molecule has 0 aliphatic rings. The summed E-state index contributed by atoms with van der Waals surface area (Å²) in [6.45, 7) is 1.72. The minimum atomic E-state index is -0.420. The molecule has 0 aromatic heterocycles. The molecule has 1 atom stereocenters. The van der Waals surface area contributed by atoms with Crippen molar-refractivity contribution in [3.8, 4) is 5.75 Å². The van der Waals surface area contributed by atoms with Gasteiger partial charge in [0.1, 0.15) is 5.75 Å². The Morgan fingerprint density at radius 2 is 2.21 bits per heavy atom. The Hall–Kier alpha value is -0.800. The summed E-state index contributed by atoms with van der Waals surface area (Å²) >= 11 is 3.39. The Bertz CT molecular complexity index is 332. The van der Waals surface area contributed by atoms with Gasteiger partial charge in [-0.1, -0.05) is 18.2 Å². The highest BCUT2D eigenvalue weighted by Gasteiger charge is 1.98. The van der Waals surface area contributed by atoms with E-state index < -0.39 is 6.10 Å². The Balaban J connectivity index is 2.86. The van der Waals surface area contributed by atoms with E-state index in [9.17, 15) is 0 Å². The quantitative estimate of drug-likeness (QED) is 0.902. The summed E-state index contributed by atoms with van der Waals surface area (Å²) in [6, 6.07) is 5.76. The van der Waals surface area contributed by atoms with Gasteiger partial charge in [0.15, 0.2) is 0 Å². The zero-order valence-corrected chi connectivity index (χ0v) is 9.78. The number of halogens is 1. The molecule has 76 valence electrons. The molecular formula is C11H13BrO2. The van der Waals surface area contributed by atoms with Crippen molar-refractivity contribution < 1.29 is 9.84 Å². The molecular weight excluding hydrogens is 244 g/mol. The molecule has 1 aromatic rings. The van der Waals surface area contributed by atoms with Gasteiger partial charge in [-0.15, -0.1) is 0 Å². The van der Waals surface area contributed by atoms with Crippen LogP contribution >= 0.6 is 15.9 Å². The molecule has 0 spiro atoms. The number of hydrogen-bond acceptors (Lipinski definition) is 2. The lowest BCUT2D eigenvalue weighted by Crippen LogP contribution is -1.91. The largest absolute Gasteiger partial charge is 0.496 e. The monoisotopic (exact) mass is 256 g/mol. The third kappa shape index (κ3) is 3.16. The Morgan fingerprint density at radius 3 is 2.71 bits per heavy atom. The molecule has 0 saturated heterocycles. The van der Waals surface area contributed by atoms with Gasteiger partial charge in [-0.3, -0.25) is 0 Å². The molecule has 0 bridgehead atoms. The van der Waals surface area contributed by atoms with Crippen molar-refractivity contribution in [3.63, 3.8) is 0 Å². The summed E-state index contributed by atoms with van der Waals surface area (Å²) < 4.78 is 6.02. The lowest BCUT2D eigenvalue weighted by Gasteiger charge is -2.03. The molecule has 0 radical (unpaired) electrons. The van der Waals surface area contributed by atoms with Gasteiger partial charge in [-0.2, -0.15) is 0 Å². The van der Waals surface area contributed by atoms with Crippen molar-refractivity contribution in [2.45, 2.75) is 13.0 Å². The molecule has 0 fully saturated rings. The third-order valence-corrected chi connectivity index (χ3v) is 2.36. The zero-order valence-electron chi connectivity index (χ0n) is 8.20. The fourth-order valence-corrected chi connectivity index (χ4v) is 1.60. The fourth-order valence-electron chi connectivity index (χ4n) is 1.04. The Labute approximate surface area is 92.3 Å². The summed E-state index contributed by atoms with van der Waals surface area (Å²) in [4.78, 5) is 0. The number of aliphatic hydroxyl groups excluding tert-OH is 1. The number of hydrogen-bond donors (Lipinski definition) is 1. The molecule has 3 heteroatoms. The molecule has 2 nitrogen and oxygen atoms in total.